The smallest absolute Gasteiger partial charge is 0.253 e. The number of ether oxygens (including phenoxy) is 2. The molecule has 4 heterocycles. The number of piperidine rings is 1. The molecule has 0 atom stereocenters. The number of likely N-dealkylation sites (tertiary alicyclic amines) is 1. The number of carbonyl (C=O) groups excluding carboxylic acids is 1. The molecule has 2 fully saturated rings. The monoisotopic (exact) mass is 518 g/mol. The van der Waals surface area contributed by atoms with E-state index in [9.17, 15) is 9.18 Å². The molecule has 0 unspecified atom stereocenters. The second kappa shape index (κ2) is 10.2. The molecule has 2 aromatic carbocycles. The van der Waals surface area contributed by atoms with Crippen LogP contribution in [-0.2, 0) is 21.8 Å². The van der Waals surface area contributed by atoms with Crippen LogP contribution in [0.15, 0.2) is 72.1 Å². The number of thioether (sulfide) groups is 1. The normalized spacial score (nSPS) is 17.1. The number of hydrogen-bond acceptors (Lipinski definition) is 6. The van der Waals surface area contributed by atoms with Crippen molar-refractivity contribution >= 4 is 28.7 Å². The summed E-state index contributed by atoms with van der Waals surface area (Å²) in [4.78, 5) is 24.0. The third kappa shape index (κ3) is 5.12. The first kappa shape index (κ1) is 24.1. The minimum Gasteiger partial charge on any atom is -0.347 e. The molecular formula is C28H27FN4O3S. The molecule has 2 aliphatic rings. The van der Waals surface area contributed by atoms with E-state index >= 15 is 0 Å². The van der Waals surface area contributed by atoms with Gasteiger partial charge in [0.25, 0.3) is 5.91 Å². The van der Waals surface area contributed by atoms with E-state index in [2.05, 4.69) is 9.55 Å². The van der Waals surface area contributed by atoms with Gasteiger partial charge in [0.1, 0.15) is 5.82 Å². The van der Waals surface area contributed by atoms with Crippen molar-refractivity contribution in [2.24, 2.45) is 0 Å². The minimum absolute atomic E-state index is 0.0423. The van der Waals surface area contributed by atoms with Gasteiger partial charge in [-0.15, -0.1) is 0 Å². The van der Waals surface area contributed by atoms with Crippen molar-refractivity contribution < 1.29 is 18.7 Å². The molecule has 9 heteroatoms. The molecule has 0 aliphatic carbocycles. The van der Waals surface area contributed by atoms with Crippen molar-refractivity contribution in [1.82, 2.24) is 19.4 Å². The molecular weight excluding hydrogens is 491 g/mol. The maximum atomic E-state index is 13.4. The van der Waals surface area contributed by atoms with Gasteiger partial charge in [0.15, 0.2) is 10.9 Å². The van der Waals surface area contributed by atoms with Crippen LogP contribution in [0, 0.1) is 5.82 Å². The summed E-state index contributed by atoms with van der Waals surface area (Å²) in [6, 6.07) is 16.2. The van der Waals surface area contributed by atoms with E-state index in [1.807, 2.05) is 41.4 Å². The highest BCUT2D eigenvalue weighted by molar-refractivity contribution is 7.98. The van der Waals surface area contributed by atoms with E-state index in [0.717, 1.165) is 27.3 Å². The second-order valence-electron chi connectivity index (χ2n) is 9.36. The van der Waals surface area contributed by atoms with Crippen molar-refractivity contribution in [2.75, 3.05) is 26.3 Å². The first-order valence-corrected chi connectivity index (χ1v) is 13.4. The fourth-order valence-electron chi connectivity index (χ4n) is 4.89. The number of rotatable bonds is 6. The molecule has 2 aromatic heterocycles. The number of hydrogen-bond donors (Lipinski definition) is 0. The second-order valence-corrected chi connectivity index (χ2v) is 10.3. The van der Waals surface area contributed by atoms with Crippen LogP contribution in [0.4, 0.5) is 4.39 Å². The zero-order chi connectivity index (χ0) is 25.2. The number of fused-ring (bicyclic) bond motifs is 1. The third-order valence-electron chi connectivity index (χ3n) is 6.96. The SMILES string of the molecule is O=C(c1ccc(CSc2nc3ccncc3n2Cc2ccc(F)cc2)cc1)N1CCC2(CC1)OCCO2. The van der Waals surface area contributed by atoms with Gasteiger partial charge in [-0.3, -0.25) is 9.78 Å². The number of amides is 1. The standard InChI is InChI=1S/C28H27FN4O3S/c29-23-7-3-20(4-8-23)18-33-25-17-30-12-9-24(25)31-27(33)37-19-21-1-5-22(6-2-21)26(34)32-13-10-28(11-14-32)35-15-16-36-28/h1-9,12,17H,10-11,13-16,18-19H2. The molecule has 190 valence electrons. The first-order valence-electron chi connectivity index (χ1n) is 12.4. The Hall–Kier alpha value is -3.27. The Morgan fingerprint density at radius 1 is 0.973 bits per heavy atom. The van der Waals surface area contributed by atoms with Crippen LogP contribution >= 0.6 is 11.8 Å². The average molecular weight is 519 g/mol. The van der Waals surface area contributed by atoms with Crippen LogP contribution in [0.3, 0.4) is 0 Å². The van der Waals surface area contributed by atoms with Gasteiger partial charge in [-0.05, 0) is 41.5 Å². The Morgan fingerprint density at radius 3 is 2.41 bits per heavy atom. The van der Waals surface area contributed by atoms with E-state index in [4.69, 9.17) is 14.5 Å². The number of benzene rings is 2. The number of imidazole rings is 1. The maximum Gasteiger partial charge on any atom is 0.253 e. The van der Waals surface area contributed by atoms with E-state index < -0.39 is 5.79 Å². The van der Waals surface area contributed by atoms with E-state index in [-0.39, 0.29) is 11.7 Å². The summed E-state index contributed by atoms with van der Waals surface area (Å²) in [5, 5.41) is 0.867. The summed E-state index contributed by atoms with van der Waals surface area (Å²) in [6.45, 7) is 3.11. The summed E-state index contributed by atoms with van der Waals surface area (Å²) >= 11 is 1.63. The van der Waals surface area contributed by atoms with Crippen molar-refractivity contribution in [1.29, 1.82) is 0 Å². The van der Waals surface area contributed by atoms with Crippen LogP contribution < -0.4 is 0 Å². The van der Waals surface area contributed by atoms with Crippen LogP contribution in [0.1, 0.15) is 34.3 Å². The van der Waals surface area contributed by atoms with Crippen molar-refractivity contribution in [2.45, 2.75) is 36.1 Å². The highest BCUT2D eigenvalue weighted by Crippen LogP contribution is 2.32. The van der Waals surface area contributed by atoms with Gasteiger partial charge in [-0.1, -0.05) is 36.0 Å². The topological polar surface area (TPSA) is 69.5 Å². The van der Waals surface area contributed by atoms with Gasteiger partial charge in [-0.2, -0.15) is 0 Å². The zero-order valence-electron chi connectivity index (χ0n) is 20.3. The first-order chi connectivity index (χ1) is 18.1. The minimum atomic E-state index is -0.485. The molecule has 2 aliphatic heterocycles. The lowest BCUT2D eigenvalue weighted by Crippen LogP contribution is -2.47. The molecule has 7 nitrogen and oxygen atoms in total. The van der Waals surface area contributed by atoms with Gasteiger partial charge in [0.05, 0.1) is 37.0 Å². The molecule has 2 saturated heterocycles. The molecule has 0 saturated carbocycles. The third-order valence-corrected chi connectivity index (χ3v) is 8.01. The Labute approximate surface area is 218 Å². The highest BCUT2D eigenvalue weighted by atomic mass is 32.2. The molecule has 37 heavy (non-hydrogen) atoms. The number of nitrogens with zero attached hydrogens (tertiary/aromatic N) is 4. The number of pyridine rings is 1. The van der Waals surface area contributed by atoms with Gasteiger partial charge in [0.2, 0.25) is 0 Å². The lowest BCUT2D eigenvalue weighted by atomic mass is 10.0. The Kier molecular flexibility index (Phi) is 6.67. The van der Waals surface area contributed by atoms with Crippen molar-refractivity contribution in [3.8, 4) is 0 Å². The molecule has 6 rings (SSSR count). The van der Waals surface area contributed by atoms with E-state index in [1.165, 1.54) is 12.1 Å². The quantitative estimate of drug-likeness (QED) is 0.339. The maximum absolute atomic E-state index is 13.4. The lowest BCUT2D eigenvalue weighted by molar-refractivity contribution is -0.181. The largest absolute Gasteiger partial charge is 0.347 e. The van der Waals surface area contributed by atoms with Crippen LogP contribution in [0.5, 0.6) is 0 Å². The summed E-state index contributed by atoms with van der Waals surface area (Å²) in [5.41, 5.74) is 4.59. The number of halogens is 1. The van der Waals surface area contributed by atoms with Crippen LogP contribution in [-0.4, -0.2) is 57.4 Å². The number of carbonyl (C=O) groups is 1. The van der Waals surface area contributed by atoms with Crippen molar-refractivity contribution in [3.05, 3.63) is 89.5 Å². The molecule has 0 N–H and O–H groups in total. The van der Waals surface area contributed by atoms with E-state index in [0.29, 0.717) is 57.0 Å². The predicted octanol–water partition coefficient (Wildman–Crippen LogP) is 4.89. The molecule has 0 radical (unpaired) electrons. The summed E-state index contributed by atoms with van der Waals surface area (Å²) in [5.74, 6) is 0.00978. The fourth-order valence-corrected chi connectivity index (χ4v) is 5.86. The van der Waals surface area contributed by atoms with Gasteiger partial charge < -0.3 is 18.9 Å². The van der Waals surface area contributed by atoms with Gasteiger partial charge in [-0.25, -0.2) is 9.37 Å². The summed E-state index contributed by atoms with van der Waals surface area (Å²) in [7, 11) is 0. The molecule has 0 bridgehead atoms. The summed E-state index contributed by atoms with van der Waals surface area (Å²) < 4.78 is 27.0. The zero-order valence-corrected chi connectivity index (χ0v) is 21.1. The Balaban J connectivity index is 1.12. The molecule has 1 amide bonds. The van der Waals surface area contributed by atoms with Crippen LogP contribution in [0.2, 0.25) is 0 Å². The van der Waals surface area contributed by atoms with E-state index in [1.54, 1.807) is 30.1 Å². The predicted molar refractivity (Wildman–Crippen MR) is 139 cm³/mol. The average Bonchev–Trinajstić information content (AvgIpc) is 3.53. The lowest BCUT2D eigenvalue weighted by Gasteiger charge is -2.37. The summed E-state index contributed by atoms with van der Waals surface area (Å²) in [6.07, 6.45) is 4.96. The highest BCUT2D eigenvalue weighted by Gasteiger charge is 2.40. The fraction of sp³-hybridized carbons (Fsp3) is 0.321. The number of aromatic nitrogens is 3. The van der Waals surface area contributed by atoms with Gasteiger partial charge in [0, 0.05) is 43.4 Å². The Morgan fingerprint density at radius 2 is 1.68 bits per heavy atom. The Bertz CT molecular complexity index is 1390. The molecule has 1 spiro atoms. The van der Waals surface area contributed by atoms with Crippen molar-refractivity contribution in [3.63, 3.8) is 0 Å². The van der Waals surface area contributed by atoms with Crippen LogP contribution in [0.25, 0.3) is 11.0 Å². The molecule has 4 aromatic rings. The van der Waals surface area contributed by atoms with Gasteiger partial charge >= 0.3 is 0 Å².